The molecule has 176 valence electrons. The Morgan fingerprint density at radius 1 is 0.839 bits per heavy atom. The Hall–Kier alpha value is -3.22. The molecule has 0 saturated heterocycles. The topological polar surface area (TPSA) is 225 Å². The van der Waals surface area contributed by atoms with Gasteiger partial charge in [0.15, 0.2) is 0 Å². The smallest absolute Gasteiger partial charge is 0.326 e. The van der Waals surface area contributed by atoms with E-state index in [-0.39, 0.29) is 12.3 Å². The summed E-state index contributed by atoms with van der Waals surface area (Å²) < 4.78 is 0. The van der Waals surface area contributed by atoms with Crippen molar-refractivity contribution in [1.29, 1.82) is 0 Å². The summed E-state index contributed by atoms with van der Waals surface area (Å²) in [5.74, 6) is -6.95. The van der Waals surface area contributed by atoms with Gasteiger partial charge in [-0.1, -0.05) is 20.3 Å². The van der Waals surface area contributed by atoms with Gasteiger partial charge in [0, 0.05) is 6.42 Å². The minimum atomic E-state index is -1.58. The SMILES string of the molecule is CCC(C)C(NC(=O)C(C)NC(=O)C(CC(=O)O)NC(=O)C(N)CCC(=O)O)C(=O)O. The normalized spacial score (nSPS) is 15.5. The molecule has 13 heteroatoms. The predicted molar refractivity (Wildman–Crippen MR) is 106 cm³/mol. The van der Waals surface area contributed by atoms with E-state index in [0.29, 0.717) is 6.42 Å². The van der Waals surface area contributed by atoms with Crippen molar-refractivity contribution in [2.75, 3.05) is 0 Å². The zero-order valence-corrected chi connectivity index (χ0v) is 17.6. The maximum Gasteiger partial charge on any atom is 0.326 e. The first-order valence-electron chi connectivity index (χ1n) is 9.63. The summed E-state index contributed by atoms with van der Waals surface area (Å²) in [4.78, 5) is 69.7. The number of nitrogens with one attached hydrogen (secondary N) is 3. The molecule has 5 unspecified atom stereocenters. The first-order valence-corrected chi connectivity index (χ1v) is 9.63. The quantitative estimate of drug-likeness (QED) is 0.159. The molecule has 0 radical (unpaired) electrons. The lowest BCUT2D eigenvalue weighted by atomic mass is 9.99. The summed E-state index contributed by atoms with van der Waals surface area (Å²) >= 11 is 0. The Labute approximate surface area is 178 Å². The minimum Gasteiger partial charge on any atom is -0.481 e. The zero-order valence-electron chi connectivity index (χ0n) is 17.6. The molecule has 0 aliphatic rings. The molecule has 0 aliphatic heterocycles. The lowest BCUT2D eigenvalue weighted by Gasteiger charge is -2.24. The van der Waals surface area contributed by atoms with E-state index < -0.39 is 72.6 Å². The van der Waals surface area contributed by atoms with Crippen molar-refractivity contribution in [2.45, 2.75) is 70.6 Å². The van der Waals surface area contributed by atoms with Crippen LogP contribution in [0.3, 0.4) is 0 Å². The third-order valence-electron chi connectivity index (χ3n) is 4.55. The average molecular weight is 446 g/mol. The van der Waals surface area contributed by atoms with Crippen molar-refractivity contribution in [1.82, 2.24) is 16.0 Å². The van der Waals surface area contributed by atoms with E-state index in [1.54, 1.807) is 13.8 Å². The maximum absolute atomic E-state index is 12.4. The number of carboxylic acids is 3. The number of nitrogens with two attached hydrogens (primary N) is 1. The Balaban J connectivity index is 5.11. The summed E-state index contributed by atoms with van der Waals surface area (Å²) in [5.41, 5.74) is 5.54. The summed E-state index contributed by atoms with van der Waals surface area (Å²) in [6.45, 7) is 4.65. The Morgan fingerprint density at radius 2 is 1.42 bits per heavy atom. The maximum atomic E-state index is 12.4. The van der Waals surface area contributed by atoms with Crippen LogP contribution >= 0.6 is 0 Å². The van der Waals surface area contributed by atoms with Crippen molar-refractivity contribution in [2.24, 2.45) is 11.7 Å². The van der Waals surface area contributed by atoms with E-state index >= 15 is 0 Å². The lowest BCUT2D eigenvalue weighted by molar-refractivity contribution is -0.144. The summed E-state index contributed by atoms with van der Waals surface area (Å²) in [6.07, 6.45) is -0.967. The van der Waals surface area contributed by atoms with Crippen LogP contribution in [0.15, 0.2) is 0 Å². The number of amides is 3. The van der Waals surface area contributed by atoms with Gasteiger partial charge in [-0.25, -0.2) is 4.79 Å². The van der Waals surface area contributed by atoms with Gasteiger partial charge in [0.2, 0.25) is 17.7 Å². The van der Waals surface area contributed by atoms with Gasteiger partial charge in [0.1, 0.15) is 18.1 Å². The Bertz CT molecular complexity index is 698. The van der Waals surface area contributed by atoms with Gasteiger partial charge in [-0.3, -0.25) is 24.0 Å². The highest BCUT2D eigenvalue weighted by Gasteiger charge is 2.31. The van der Waals surface area contributed by atoms with E-state index in [2.05, 4.69) is 16.0 Å². The van der Waals surface area contributed by atoms with Crippen molar-refractivity contribution in [3.8, 4) is 0 Å². The van der Waals surface area contributed by atoms with Crippen LogP contribution < -0.4 is 21.7 Å². The molecule has 8 N–H and O–H groups in total. The van der Waals surface area contributed by atoms with E-state index in [9.17, 15) is 33.9 Å². The van der Waals surface area contributed by atoms with Gasteiger partial charge in [-0.15, -0.1) is 0 Å². The summed E-state index contributed by atoms with van der Waals surface area (Å²) in [7, 11) is 0. The molecule has 5 atom stereocenters. The van der Waals surface area contributed by atoms with Gasteiger partial charge in [-0.2, -0.15) is 0 Å². The van der Waals surface area contributed by atoms with Crippen LogP contribution in [0.25, 0.3) is 0 Å². The number of hydrogen-bond acceptors (Lipinski definition) is 7. The highest BCUT2D eigenvalue weighted by atomic mass is 16.4. The lowest BCUT2D eigenvalue weighted by Crippen LogP contribution is -2.57. The molecule has 0 aliphatic carbocycles. The number of carboxylic acid groups (broad SMARTS) is 3. The molecule has 0 aromatic rings. The molecule has 0 bridgehead atoms. The van der Waals surface area contributed by atoms with Crippen LogP contribution in [0, 0.1) is 5.92 Å². The highest BCUT2D eigenvalue weighted by molar-refractivity contribution is 5.95. The molecule has 13 nitrogen and oxygen atoms in total. The van der Waals surface area contributed by atoms with Crippen molar-refractivity contribution in [3.05, 3.63) is 0 Å². The van der Waals surface area contributed by atoms with Crippen molar-refractivity contribution >= 4 is 35.6 Å². The molecule has 0 spiro atoms. The Morgan fingerprint density at radius 3 is 1.87 bits per heavy atom. The zero-order chi connectivity index (χ0) is 24.3. The molecule has 0 aromatic carbocycles. The van der Waals surface area contributed by atoms with Crippen molar-refractivity contribution in [3.63, 3.8) is 0 Å². The third kappa shape index (κ3) is 10.4. The fraction of sp³-hybridized carbons (Fsp3) is 0.667. The number of rotatable bonds is 14. The highest BCUT2D eigenvalue weighted by Crippen LogP contribution is 2.08. The minimum absolute atomic E-state index is 0.229. The number of carbonyl (C=O) groups is 6. The van der Waals surface area contributed by atoms with Gasteiger partial charge in [0.25, 0.3) is 0 Å². The first kappa shape index (κ1) is 27.8. The fourth-order valence-electron chi connectivity index (χ4n) is 2.41. The second-order valence-electron chi connectivity index (χ2n) is 7.14. The van der Waals surface area contributed by atoms with E-state index in [1.807, 2.05) is 0 Å². The molecule has 0 heterocycles. The van der Waals surface area contributed by atoms with Gasteiger partial charge >= 0.3 is 17.9 Å². The fourth-order valence-corrected chi connectivity index (χ4v) is 2.41. The standard InChI is InChI=1S/C18H30N4O9/c1-4-8(2)14(18(30)31)22-15(27)9(3)20-17(29)11(7-13(25)26)21-16(28)10(19)5-6-12(23)24/h8-11,14H,4-7,19H2,1-3H3,(H,20,29)(H,21,28)(H,22,27)(H,23,24)(H,25,26)(H,30,31). The molecular weight excluding hydrogens is 416 g/mol. The van der Waals surface area contributed by atoms with E-state index in [4.69, 9.17) is 15.9 Å². The molecule has 31 heavy (non-hydrogen) atoms. The molecular formula is C18H30N4O9. The Kier molecular flexibility index (Phi) is 11.8. The summed E-state index contributed by atoms with van der Waals surface area (Å²) in [6, 6.07) is -5.28. The van der Waals surface area contributed by atoms with Gasteiger partial charge < -0.3 is 37.0 Å². The number of carbonyl (C=O) groups excluding carboxylic acids is 3. The van der Waals surface area contributed by atoms with Crippen LogP contribution in [0.2, 0.25) is 0 Å². The van der Waals surface area contributed by atoms with Crippen LogP contribution in [0.5, 0.6) is 0 Å². The largest absolute Gasteiger partial charge is 0.481 e. The van der Waals surface area contributed by atoms with Gasteiger partial charge in [0.05, 0.1) is 12.5 Å². The monoisotopic (exact) mass is 446 g/mol. The van der Waals surface area contributed by atoms with E-state index in [1.165, 1.54) is 6.92 Å². The third-order valence-corrected chi connectivity index (χ3v) is 4.55. The van der Waals surface area contributed by atoms with E-state index in [0.717, 1.165) is 0 Å². The summed E-state index contributed by atoms with van der Waals surface area (Å²) in [5, 5.41) is 33.5. The first-order chi connectivity index (χ1) is 14.3. The molecule has 0 aromatic heterocycles. The molecule has 0 fully saturated rings. The van der Waals surface area contributed by atoms with Crippen molar-refractivity contribution < 1.29 is 44.1 Å². The second-order valence-corrected chi connectivity index (χ2v) is 7.14. The van der Waals surface area contributed by atoms with Crippen LogP contribution in [-0.2, 0) is 28.8 Å². The molecule has 0 rings (SSSR count). The number of aliphatic carboxylic acids is 3. The molecule has 0 saturated carbocycles. The predicted octanol–water partition coefficient (Wildman–Crippen LogP) is -1.74. The molecule has 3 amide bonds. The van der Waals surface area contributed by atoms with Gasteiger partial charge in [-0.05, 0) is 19.3 Å². The van der Waals surface area contributed by atoms with Crippen LogP contribution in [0.1, 0.15) is 46.5 Å². The number of hydrogen-bond donors (Lipinski definition) is 7. The second kappa shape index (κ2) is 13.2. The van der Waals surface area contributed by atoms with Crippen LogP contribution in [-0.4, -0.2) is 75.1 Å². The average Bonchev–Trinajstić information content (AvgIpc) is 2.67. The van der Waals surface area contributed by atoms with Crippen LogP contribution in [0.4, 0.5) is 0 Å².